The van der Waals surface area contributed by atoms with Crippen LogP contribution in [0.4, 0.5) is 5.82 Å². The molecule has 4 nitrogen and oxygen atoms in total. The third-order valence-corrected chi connectivity index (χ3v) is 6.82. The fourth-order valence-corrected chi connectivity index (χ4v) is 5.13. The third kappa shape index (κ3) is 3.73. The van der Waals surface area contributed by atoms with Crippen molar-refractivity contribution in [3.05, 3.63) is 55.8 Å². The highest BCUT2D eigenvalue weighted by Crippen LogP contribution is 2.33. The van der Waals surface area contributed by atoms with Gasteiger partial charge in [-0.15, -0.1) is 11.3 Å². The molecule has 6 heteroatoms. The molecule has 2 heterocycles. The molecule has 0 fully saturated rings. The highest BCUT2D eigenvalue weighted by molar-refractivity contribution is 9.10. The number of hydrogen-bond donors (Lipinski definition) is 1. The quantitative estimate of drug-likeness (QED) is 0.524. The van der Waals surface area contributed by atoms with Crippen LogP contribution in [0.25, 0.3) is 11.1 Å². The molecule has 0 bridgehead atoms. The Bertz CT molecular complexity index is 964. The first-order valence-corrected chi connectivity index (χ1v) is 10.9. The number of thiophene rings is 1. The summed E-state index contributed by atoms with van der Waals surface area (Å²) in [5.74, 6) is 0.692. The van der Waals surface area contributed by atoms with Crippen molar-refractivity contribution in [2.75, 3.05) is 5.32 Å². The van der Waals surface area contributed by atoms with Crippen molar-refractivity contribution >= 4 is 39.0 Å². The molecule has 27 heavy (non-hydrogen) atoms. The van der Waals surface area contributed by atoms with Crippen molar-refractivity contribution in [3.63, 3.8) is 0 Å². The molecule has 4 rings (SSSR count). The van der Waals surface area contributed by atoms with Gasteiger partial charge in [-0.2, -0.15) is 5.10 Å². The Morgan fingerprint density at radius 1 is 1.19 bits per heavy atom. The maximum absolute atomic E-state index is 13.0. The Labute approximate surface area is 171 Å². The standard InChI is InChI=1S/C21H22BrN3OS/c1-13-19(14-8-10-16(22)11-9-14)20(25(2)24-13)23-21(26)18-12-15-6-4-3-5-7-17(15)27-18/h8-12H,3-7H2,1-2H3,(H,23,26). The second kappa shape index (κ2) is 7.60. The maximum atomic E-state index is 13.0. The Morgan fingerprint density at radius 3 is 2.70 bits per heavy atom. The molecule has 0 saturated heterocycles. The van der Waals surface area contributed by atoms with Crippen LogP contribution in [0, 0.1) is 6.92 Å². The van der Waals surface area contributed by atoms with Crippen molar-refractivity contribution in [3.8, 4) is 11.1 Å². The van der Waals surface area contributed by atoms with E-state index in [0.29, 0.717) is 0 Å². The predicted molar refractivity (Wildman–Crippen MR) is 115 cm³/mol. The Morgan fingerprint density at radius 2 is 1.93 bits per heavy atom. The van der Waals surface area contributed by atoms with Gasteiger partial charge in [0, 0.05) is 22.0 Å². The summed E-state index contributed by atoms with van der Waals surface area (Å²) in [6.45, 7) is 1.97. The third-order valence-electron chi connectivity index (χ3n) is 5.06. The van der Waals surface area contributed by atoms with E-state index in [9.17, 15) is 4.79 Å². The smallest absolute Gasteiger partial charge is 0.266 e. The van der Waals surface area contributed by atoms with Crippen LogP contribution >= 0.6 is 27.3 Å². The first-order valence-electron chi connectivity index (χ1n) is 9.25. The summed E-state index contributed by atoms with van der Waals surface area (Å²) in [4.78, 5) is 15.1. The van der Waals surface area contributed by atoms with Gasteiger partial charge < -0.3 is 5.32 Å². The highest BCUT2D eigenvalue weighted by atomic mass is 79.9. The van der Waals surface area contributed by atoms with E-state index in [-0.39, 0.29) is 5.91 Å². The van der Waals surface area contributed by atoms with Crippen molar-refractivity contribution in [1.82, 2.24) is 9.78 Å². The minimum atomic E-state index is -0.0468. The summed E-state index contributed by atoms with van der Waals surface area (Å²) >= 11 is 5.12. The van der Waals surface area contributed by atoms with Gasteiger partial charge in [0.1, 0.15) is 5.82 Å². The molecule has 1 aliphatic carbocycles. The van der Waals surface area contributed by atoms with E-state index in [4.69, 9.17) is 0 Å². The number of nitrogens with one attached hydrogen (secondary N) is 1. The van der Waals surface area contributed by atoms with Gasteiger partial charge in [0.15, 0.2) is 0 Å². The van der Waals surface area contributed by atoms with Crippen molar-refractivity contribution in [2.45, 2.75) is 39.0 Å². The fraction of sp³-hybridized carbons (Fsp3) is 0.333. The van der Waals surface area contributed by atoms with Crippen LogP contribution in [-0.4, -0.2) is 15.7 Å². The van der Waals surface area contributed by atoms with E-state index in [1.165, 1.54) is 29.7 Å². The molecule has 1 N–H and O–H groups in total. The lowest BCUT2D eigenvalue weighted by molar-refractivity contribution is 0.102. The van der Waals surface area contributed by atoms with Crippen LogP contribution in [0.5, 0.6) is 0 Å². The van der Waals surface area contributed by atoms with Crippen LogP contribution < -0.4 is 5.32 Å². The predicted octanol–water partition coefficient (Wildman–Crippen LogP) is 5.74. The number of carbonyl (C=O) groups excluding carboxylic acids is 1. The zero-order valence-corrected chi connectivity index (χ0v) is 17.9. The number of aryl methyl sites for hydroxylation is 4. The van der Waals surface area contributed by atoms with E-state index in [2.05, 4.69) is 32.4 Å². The Kier molecular flexibility index (Phi) is 5.19. The normalized spacial score (nSPS) is 13.9. The number of halogens is 1. The maximum Gasteiger partial charge on any atom is 0.266 e. The van der Waals surface area contributed by atoms with Crippen LogP contribution in [0.1, 0.15) is 45.1 Å². The van der Waals surface area contributed by atoms with Gasteiger partial charge in [-0.25, -0.2) is 0 Å². The van der Waals surface area contributed by atoms with Crippen LogP contribution in [0.15, 0.2) is 34.8 Å². The molecule has 3 aromatic rings. The van der Waals surface area contributed by atoms with Gasteiger partial charge in [-0.05, 0) is 61.9 Å². The van der Waals surface area contributed by atoms with Gasteiger partial charge in [0.05, 0.1) is 10.6 Å². The highest BCUT2D eigenvalue weighted by Gasteiger charge is 2.21. The first-order chi connectivity index (χ1) is 13.0. The van der Waals surface area contributed by atoms with E-state index in [0.717, 1.165) is 44.8 Å². The van der Waals surface area contributed by atoms with Crippen LogP contribution in [-0.2, 0) is 19.9 Å². The number of carbonyl (C=O) groups is 1. The fourth-order valence-electron chi connectivity index (χ4n) is 3.71. The first kappa shape index (κ1) is 18.4. The molecular weight excluding hydrogens is 422 g/mol. The molecular formula is C21H22BrN3OS. The molecule has 0 unspecified atom stereocenters. The minimum absolute atomic E-state index is 0.0468. The molecule has 1 aromatic carbocycles. The van der Waals surface area contributed by atoms with E-state index < -0.39 is 0 Å². The average Bonchev–Trinajstić information content (AvgIpc) is 3.08. The van der Waals surface area contributed by atoms with Crippen molar-refractivity contribution < 1.29 is 4.79 Å². The Hall–Kier alpha value is -1.92. The van der Waals surface area contributed by atoms with Crippen molar-refractivity contribution in [1.29, 1.82) is 0 Å². The monoisotopic (exact) mass is 443 g/mol. The Balaban J connectivity index is 1.65. The van der Waals surface area contributed by atoms with Gasteiger partial charge in [-0.3, -0.25) is 9.48 Å². The number of benzene rings is 1. The lowest BCUT2D eigenvalue weighted by Gasteiger charge is -2.08. The van der Waals surface area contributed by atoms with Gasteiger partial charge in [0.2, 0.25) is 0 Å². The zero-order chi connectivity index (χ0) is 19.0. The summed E-state index contributed by atoms with van der Waals surface area (Å²) in [5.41, 5.74) is 4.27. The summed E-state index contributed by atoms with van der Waals surface area (Å²) < 4.78 is 2.78. The average molecular weight is 444 g/mol. The van der Waals surface area contributed by atoms with Gasteiger partial charge in [0.25, 0.3) is 5.91 Å². The molecule has 0 aliphatic heterocycles. The van der Waals surface area contributed by atoms with E-state index >= 15 is 0 Å². The number of hydrogen-bond acceptors (Lipinski definition) is 3. The number of aromatic nitrogens is 2. The topological polar surface area (TPSA) is 46.9 Å². The number of amides is 1. The second-order valence-corrected chi connectivity index (χ2v) is 9.07. The van der Waals surface area contributed by atoms with Crippen molar-refractivity contribution in [2.24, 2.45) is 7.05 Å². The largest absolute Gasteiger partial charge is 0.306 e. The summed E-state index contributed by atoms with van der Waals surface area (Å²) in [6, 6.07) is 10.2. The number of anilines is 1. The van der Waals surface area contributed by atoms with E-state index in [1.807, 2.05) is 38.2 Å². The minimum Gasteiger partial charge on any atom is -0.306 e. The molecule has 2 aromatic heterocycles. The lowest BCUT2D eigenvalue weighted by atomic mass is 10.1. The van der Waals surface area contributed by atoms with Gasteiger partial charge >= 0.3 is 0 Å². The number of fused-ring (bicyclic) bond motifs is 1. The number of nitrogens with zero attached hydrogens (tertiary/aromatic N) is 2. The van der Waals surface area contributed by atoms with Gasteiger partial charge in [-0.1, -0.05) is 34.5 Å². The molecule has 0 spiro atoms. The zero-order valence-electron chi connectivity index (χ0n) is 15.5. The number of rotatable bonds is 3. The second-order valence-electron chi connectivity index (χ2n) is 7.01. The van der Waals surface area contributed by atoms with Crippen LogP contribution in [0.3, 0.4) is 0 Å². The lowest BCUT2D eigenvalue weighted by Crippen LogP contribution is -2.14. The van der Waals surface area contributed by atoms with E-state index in [1.54, 1.807) is 16.0 Å². The molecule has 140 valence electrons. The summed E-state index contributed by atoms with van der Waals surface area (Å²) in [5, 5.41) is 7.64. The summed E-state index contributed by atoms with van der Waals surface area (Å²) in [6.07, 6.45) is 5.92. The molecule has 0 atom stereocenters. The summed E-state index contributed by atoms with van der Waals surface area (Å²) in [7, 11) is 1.87. The van der Waals surface area contributed by atoms with Crippen LogP contribution in [0.2, 0.25) is 0 Å². The SMILES string of the molecule is Cc1nn(C)c(NC(=O)c2cc3c(s2)CCCCC3)c1-c1ccc(Br)cc1. The molecule has 0 saturated carbocycles. The molecule has 0 radical (unpaired) electrons. The molecule has 1 aliphatic rings. The molecule has 1 amide bonds.